The number of aryl methyl sites for hydroxylation is 1. The molecule has 3 amide bonds. The van der Waals surface area contributed by atoms with Crippen LogP contribution in [0.2, 0.25) is 0 Å². The van der Waals surface area contributed by atoms with E-state index in [9.17, 15) is 29.4 Å². The number of hydrogen-bond acceptors (Lipinski definition) is 8. The van der Waals surface area contributed by atoms with E-state index in [2.05, 4.69) is 41.2 Å². The highest BCUT2D eigenvalue weighted by molar-refractivity contribution is 7.81. The molecule has 3 rings (SSSR count). The Balaban J connectivity index is 1.75. The number of carboxylic acid groups (broad SMARTS) is 1. The van der Waals surface area contributed by atoms with Gasteiger partial charge in [0.25, 0.3) is 0 Å². The van der Waals surface area contributed by atoms with E-state index in [1.54, 1.807) is 50.2 Å². The van der Waals surface area contributed by atoms with Crippen molar-refractivity contribution in [2.24, 2.45) is 5.73 Å². The first-order chi connectivity index (χ1) is 18.7. The standard InChI is InChI=1S/C28H36N4O6S2/c1-27(2,40)22(25(36)37)32-23(34)20(12-16-6-4-3-5-7-16)30-24(35)21(15-39)31-26(38)28(29)11-10-17-13-19(33)9-8-18(17)14-28/h3-9,13,20-22,33,39-40H,10-12,14-15,29H2,1-2H3,(H,30,35)(H,31,38)(H,32,34)(H,36,37)/t20-,21+,22-,28+/m0/s1. The number of carboxylic acids is 1. The molecule has 0 saturated carbocycles. The van der Waals surface area contributed by atoms with Gasteiger partial charge in [0, 0.05) is 16.9 Å². The predicted octanol–water partition coefficient (Wildman–Crippen LogP) is 0.998. The van der Waals surface area contributed by atoms with E-state index in [0.717, 1.165) is 16.7 Å². The highest BCUT2D eigenvalue weighted by Crippen LogP contribution is 2.30. The fraction of sp³-hybridized carbons (Fsp3) is 0.429. The molecule has 40 heavy (non-hydrogen) atoms. The Labute approximate surface area is 244 Å². The summed E-state index contributed by atoms with van der Waals surface area (Å²) in [5.74, 6) is -3.11. The van der Waals surface area contributed by atoms with Gasteiger partial charge in [-0.1, -0.05) is 36.4 Å². The predicted molar refractivity (Wildman–Crippen MR) is 158 cm³/mol. The maximum atomic E-state index is 13.3. The van der Waals surface area contributed by atoms with Gasteiger partial charge < -0.3 is 31.9 Å². The molecule has 0 fully saturated rings. The number of benzene rings is 2. The summed E-state index contributed by atoms with van der Waals surface area (Å²) in [5, 5.41) is 27.2. The van der Waals surface area contributed by atoms with E-state index in [-0.39, 0.29) is 24.3 Å². The highest BCUT2D eigenvalue weighted by Gasteiger charge is 2.40. The summed E-state index contributed by atoms with van der Waals surface area (Å²) in [6.45, 7) is 3.11. The lowest BCUT2D eigenvalue weighted by atomic mass is 9.78. The number of thiol groups is 2. The maximum absolute atomic E-state index is 13.3. The highest BCUT2D eigenvalue weighted by atomic mass is 32.1. The van der Waals surface area contributed by atoms with Crippen molar-refractivity contribution >= 4 is 48.9 Å². The Morgan fingerprint density at radius 1 is 1.00 bits per heavy atom. The van der Waals surface area contributed by atoms with Crippen LogP contribution in [0.25, 0.3) is 0 Å². The Morgan fingerprint density at radius 3 is 2.25 bits per heavy atom. The van der Waals surface area contributed by atoms with Gasteiger partial charge in [0.1, 0.15) is 23.9 Å². The van der Waals surface area contributed by atoms with E-state index in [4.69, 9.17) is 5.73 Å². The van der Waals surface area contributed by atoms with Crippen LogP contribution in [-0.4, -0.2) is 68.1 Å². The molecule has 0 radical (unpaired) electrons. The molecule has 2 aromatic carbocycles. The van der Waals surface area contributed by atoms with Crippen LogP contribution < -0.4 is 21.7 Å². The van der Waals surface area contributed by atoms with Gasteiger partial charge in [-0.2, -0.15) is 25.3 Å². The first-order valence-electron chi connectivity index (χ1n) is 12.8. The molecule has 12 heteroatoms. The van der Waals surface area contributed by atoms with Crippen LogP contribution in [-0.2, 0) is 38.4 Å². The largest absolute Gasteiger partial charge is 0.508 e. The summed E-state index contributed by atoms with van der Waals surface area (Å²) in [5.41, 5.74) is 7.69. The van der Waals surface area contributed by atoms with Gasteiger partial charge >= 0.3 is 5.97 Å². The summed E-state index contributed by atoms with van der Waals surface area (Å²) in [6.07, 6.45) is 1.10. The second kappa shape index (κ2) is 13.0. The van der Waals surface area contributed by atoms with Crippen molar-refractivity contribution < 1.29 is 29.4 Å². The number of hydrogen-bond donors (Lipinski definition) is 8. The number of rotatable bonds is 11. The van der Waals surface area contributed by atoms with Crippen LogP contribution in [0.5, 0.6) is 5.75 Å². The minimum atomic E-state index is -1.33. The number of amides is 3. The summed E-state index contributed by atoms with van der Waals surface area (Å²) in [7, 11) is 0. The Morgan fingerprint density at radius 2 is 1.65 bits per heavy atom. The van der Waals surface area contributed by atoms with Crippen LogP contribution in [0.15, 0.2) is 48.5 Å². The van der Waals surface area contributed by atoms with Gasteiger partial charge in [-0.15, -0.1) is 0 Å². The van der Waals surface area contributed by atoms with Gasteiger partial charge in [0.15, 0.2) is 0 Å². The van der Waals surface area contributed by atoms with E-state index in [1.165, 1.54) is 6.07 Å². The van der Waals surface area contributed by atoms with Crippen LogP contribution in [0.4, 0.5) is 0 Å². The van der Waals surface area contributed by atoms with Crippen molar-refractivity contribution in [1.82, 2.24) is 16.0 Å². The Hall–Kier alpha value is -3.22. The van der Waals surface area contributed by atoms with Crippen molar-refractivity contribution in [2.75, 3.05) is 5.75 Å². The lowest BCUT2D eigenvalue weighted by Crippen LogP contribution is -2.63. The fourth-order valence-corrected chi connectivity index (χ4v) is 5.04. The molecular formula is C28H36N4O6S2. The molecular weight excluding hydrogens is 552 g/mol. The first-order valence-corrected chi connectivity index (χ1v) is 13.9. The number of aliphatic carboxylic acids is 1. The third-order valence-electron chi connectivity index (χ3n) is 6.95. The van der Waals surface area contributed by atoms with E-state index in [1.807, 2.05) is 6.07 Å². The number of nitrogens with two attached hydrogens (primary N) is 1. The third kappa shape index (κ3) is 7.92. The Bertz CT molecular complexity index is 1250. The Kier molecular flexibility index (Phi) is 10.1. The van der Waals surface area contributed by atoms with E-state index < -0.39 is 52.1 Å². The van der Waals surface area contributed by atoms with Gasteiger partial charge in [0.2, 0.25) is 17.7 Å². The lowest BCUT2D eigenvalue weighted by molar-refractivity contribution is -0.143. The molecule has 0 aliphatic heterocycles. The normalized spacial score (nSPS) is 18.9. The van der Waals surface area contributed by atoms with E-state index >= 15 is 0 Å². The second-order valence-electron chi connectivity index (χ2n) is 10.7. The van der Waals surface area contributed by atoms with Gasteiger partial charge in [-0.25, -0.2) is 4.79 Å². The molecule has 10 nitrogen and oxygen atoms in total. The summed E-state index contributed by atoms with van der Waals surface area (Å²) in [4.78, 5) is 51.6. The molecule has 0 unspecified atom stereocenters. The van der Waals surface area contributed by atoms with E-state index in [0.29, 0.717) is 12.8 Å². The smallest absolute Gasteiger partial charge is 0.327 e. The molecule has 4 atom stereocenters. The van der Waals surface area contributed by atoms with Crippen molar-refractivity contribution in [3.63, 3.8) is 0 Å². The molecule has 2 aromatic rings. The van der Waals surface area contributed by atoms with Crippen LogP contribution >= 0.6 is 25.3 Å². The van der Waals surface area contributed by atoms with Crippen LogP contribution in [0.1, 0.15) is 37.0 Å². The van der Waals surface area contributed by atoms with Crippen LogP contribution in [0, 0.1) is 0 Å². The van der Waals surface area contributed by atoms with Gasteiger partial charge in [-0.3, -0.25) is 14.4 Å². The van der Waals surface area contributed by atoms with Crippen molar-refractivity contribution in [3.8, 4) is 5.75 Å². The van der Waals surface area contributed by atoms with Crippen molar-refractivity contribution in [2.45, 2.75) is 67.9 Å². The third-order valence-corrected chi connectivity index (χ3v) is 7.57. The number of carbonyl (C=O) groups excluding carboxylic acids is 3. The molecule has 1 aliphatic carbocycles. The summed E-state index contributed by atoms with van der Waals surface area (Å²) in [6, 6.07) is 10.3. The van der Waals surface area contributed by atoms with Gasteiger partial charge in [0.05, 0.1) is 5.54 Å². The number of nitrogens with one attached hydrogen (secondary N) is 3. The molecule has 7 N–H and O–H groups in total. The number of phenolic OH excluding ortho intramolecular Hbond substituents is 1. The monoisotopic (exact) mass is 588 g/mol. The number of fused-ring (bicyclic) bond motifs is 1. The summed E-state index contributed by atoms with van der Waals surface area (Å²) >= 11 is 8.54. The molecule has 0 heterocycles. The second-order valence-corrected chi connectivity index (χ2v) is 12.2. The fourth-order valence-electron chi connectivity index (χ4n) is 4.61. The summed E-state index contributed by atoms with van der Waals surface area (Å²) < 4.78 is -1.09. The molecule has 1 aliphatic rings. The molecule has 0 spiro atoms. The number of aromatic hydroxyl groups is 1. The van der Waals surface area contributed by atoms with Crippen molar-refractivity contribution in [1.29, 1.82) is 0 Å². The average molecular weight is 589 g/mol. The molecule has 0 bridgehead atoms. The maximum Gasteiger partial charge on any atom is 0.327 e. The number of carbonyl (C=O) groups is 4. The topological polar surface area (TPSA) is 171 Å². The minimum Gasteiger partial charge on any atom is -0.508 e. The number of phenols is 1. The quantitative estimate of drug-likeness (QED) is 0.181. The average Bonchev–Trinajstić information content (AvgIpc) is 2.89. The van der Waals surface area contributed by atoms with Gasteiger partial charge in [-0.05, 0) is 61.9 Å². The zero-order valence-corrected chi connectivity index (χ0v) is 24.2. The molecule has 0 saturated heterocycles. The first kappa shape index (κ1) is 31.3. The van der Waals surface area contributed by atoms with Crippen molar-refractivity contribution in [3.05, 3.63) is 65.2 Å². The molecule has 216 valence electrons. The minimum absolute atomic E-state index is 0.0702. The molecule has 0 aromatic heterocycles. The van der Waals surface area contributed by atoms with Crippen LogP contribution in [0.3, 0.4) is 0 Å². The zero-order chi connectivity index (χ0) is 29.7. The zero-order valence-electron chi connectivity index (χ0n) is 22.4. The SMILES string of the molecule is CC(C)(S)[C@@H](NC(=O)[C@H](Cc1ccccc1)NC(=O)[C@@H](CS)NC(=O)[C@@]1(N)CCc2cc(O)ccc2C1)C(=O)O. The lowest BCUT2D eigenvalue weighted by Gasteiger charge is -2.34.